The maximum atomic E-state index is 11.9. The van der Waals surface area contributed by atoms with Crippen molar-refractivity contribution in [2.24, 2.45) is 5.14 Å². The van der Waals surface area contributed by atoms with E-state index in [-0.39, 0.29) is 11.1 Å². The lowest BCUT2D eigenvalue weighted by Crippen LogP contribution is -2.26. The van der Waals surface area contributed by atoms with Crippen LogP contribution in [0.1, 0.15) is 21.4 Å². The molecule has 1 atom stereocenters. The molecule has 0 amide bonds. The second kappa shape index (κ2) is 5.81. The summed E-state index contributed by atoms with van der Waals surface area (Å²) in [5, 5.41) is 5.11. The molecule has 0 bridgehead atoms. The third-order valence-corrected chi connectivity index (χ3v) is 3.44. The number of hydrogen-bond acceptors (Lipinski definition) is 5. The first-order chi connectivity index (χ1) is 9.48. The van der Waals surface area contributed by atoms with Gasteiger partial charge in [-0.05, 0) is 18.2 Å². The molecule has 0 saturated carbocycles. The highest BCUT2D eigenvalue weighted by Crippen LogP contribution is 2.22. The summed E-state index contributed by atoms with van der Waals surface area (Å²) in [6.45, 7) is 0. The Morgan fingerprint density at radius 2 is 1.85 bits per heavy atom. The van der Waals surface area contributed by atoms with Gasteiger partial charge in [0, 0.05) is 18.0 Å². The molecule has 0 saturated heterocycles. The number of pyridine rings is 1. The predicted octanol–water partition coefficient (Wildman–Crippen LogP) is 1.23. The summed E-state index contributed by atoms with van der Waals surface area (Å²) in [5.74, 6) is -0.770. The van der Waals surface area contributed by atoms with Crippen LogP contribution in [0.3, 0.4) is 0 Å². The highest BCUT2D eigenvalue weighted by molar-refractivity contribution is 7.89. The summed E-state index contributed by atoms with van der Waals surface area (Å²) >= 11 is 0. The van der Waals surface area contributed by atoms with Crippen molar-refractivity contribution in [1.29, 1.82) is 0 Å². The number of hydrogen-bond donors (Lipinski definition) is 1. The SMILES string of the molecule is NS(=O)(=O)C(OC(=O)c1ccccc1)c1cccnc1. The van der Waals surface area contributed by atoms with E-state index in [1.165, 1.54) is 36.7 Å². The van der Waals surface area contributed by atoms with E-state index in [0.717, 1.165) is 0 Å². The van der Waals surface area contributed by atoms with Crippen LogP contribution in [0.15, 0.2) is 54.9 Å². The molecule has 7 heteroatoms. The lowest BCUT2D eigenvalue weighted by atomic mass is 10.2. The Kier molecular flexibility index (Phi) is 4.11. The molecule has 2 aromatic rings. The number of esters is 1. The van der Waals surface area contributed by atoms with Crippen LogP contribution in [0.5, 0.6) is 0 Å². The zero-order valence-electron chi connectivity index (χ0n) is 10.3. The number of primary sulfonamides is 1. The van der Waals surface area contributed by atoms with Gasteiger partial charge in [-0.25, -0.2) is 18.4 Å². The largest absolute Gasteiger partial charge is 0.436 e. The normalized spacial score (nSPS) is 12.7. The number of nitrogens with zero attached hydrogens (tertiary/aromatic N) is 1. The number of rotatable bonds is 4. The van der Waals surface area contributed by atoms with Gasteiger partial charge in [-0.15, -0.1) is 0 Å². The van der Waals surface area contributed by atoms with Gasteiger partial charge in [0.2, 0.25) is 5.44 Å². The highest BCUT2D eigenvalue weighted by atomic mass is 32.2. The molecule has 20 heavy (non-hydrogen) atoms. The molecule has 2 rings (SSSR count). The van der Waals surface area contributed by atoms with E-state index in [9.17, 15) is 13.2 Å². The Labute approximate surface area is 116 Å². The summed E-state index contributed by atoms with van der Waals surface area (Å²) in [4.78, 5) is 15.7. The molecule has 0 spiro atoms. The summed E-state index contributed by atoms with van der Waals surface area (Å²) in [5.41, 5.74) is -1.15. The summed E-state index contributed by atoms with van der Waals surface area (Å²) in [6, 6.07) is 11.1. The van der Waals surface area contributed by atoms with Gasteiger partial charge in [0.1, 0.15) is 0 Å². The first kappa shape index (κ1) is 14.2. The minimum absolute atomic E-state index is 0.194. The molecule has 0 aliphatic rings. The number of aromatic nitrogens is 1. The summed E-state index contributed by atoms with van der Waals surface area (Å²) < 4.78 is 28.1. The number of nitrogens with two attached hydrogens (primary N) is 1. The van der Waals surface area contributed by atoms with Crippen LogP contribution in [-0.2, 0) is 14.8 Å². The van der Waals surface area contributed by atoms with Crippen molar-refractivity contribution < 1.29 is 17.9 Å². The van der Waals surface area contributed by atoms with Crippen molar-refractivity contribution in [3.8, 4) is 0 Å². The lowest BCUT2D eigenvalue weighted by molar-refractivity contribution is 0.0440. The number of ether oxygens (including phenoxy) is 1. The van der Waals surface area contributed by atoms with E-state index >= 15 is 0 Å². The van der Waals surface area contributed by atoms with Crippen molar-refractivity contribution in [1.82, 2.24) is 4.98 Å². The van der Waals surface area contributed by atoms with E-state index in [1.54, 1.807) is 18.2 Å². The Morgan fingerprint density at radius 3 is 2.40 bits per heavy atom. The fraction of sp³-hybridized carbons (Fsp3) is 0.0769. The summed E-state index contributed by atoms with van der Waals surface area (Å²) in [7, 11) is -4.10. The van der Waals surface area contributed by atoms with Gasteiger partial charge in [0.05, 0.1) is 5.56 Å². The third kappa shape index (κ3) is 3.40. The molecule has 0 radical (unpaired) electrons. The number of carbonyl (C=O) groups is 1. The van der Waals surface area contributed by atoms with Crippen LogP contribution in [0.4, 0.5) is 0 Å². The van der Waals surface area contributed by atoms with Crippen LogP contribution in [0, 0.1) is 0 Å². The second-order valence-corrected chi connectivity index (χ2v) is 5.58. The standard InChI is InChI=1S/C13H12N2O4S/c14-20(17,18)13(11-7-4-8-15-9-11)19-12(16)10-5-2-1-3-6-10/h1-9,13H,(H2,14,17,18). The van der Waals surface area contributed by atoms with Crippen molar-refractivity contribution >= 4 is 16.0 Å². The van der Waals surface area contributed by atoms with Crippen LogP contribution in [0.25, 0.3) is 0 Å². The van der Waals surface area contributed by atoms with E-state index in [1.807, 2.05) is 0 Å². The average Bonchev–Trinajstić information content (AvgIpc) is 2.45. The van der Waals surface area contributed by atoms with Gasteiger partial charge >= 0.3 is 5.97 Å². The minimum atomic E-state index is -4.10. The molecule has 104 valence electrons. The van der Waals surface area contributed by atoms with Crippen LogP contribution < -0.4 is 5.14 Å². The fourth-order valence-electron chi connectivity index (χ4n) is 1.58. The van der Waals surface area contributed by atoms with Crippen LogP contribution >= 0.6 is 0 Å². The first-order valence-electron chi connectivity index (χ1n) is 5.66. The van der Waals surface area contributed by atoms with Gasteiger partial charge in [-0.1, -0.05) is 24.3 Å². The third-order valence-electron chi connectivity index (χ3n) is 2.48. The Bertz CT molecular complexity index is 687. The Morgan fingerprint density at radius 1 is 1.15 bits per heavy atom. The molecule has 6 nitrogen and oxygen atoms in total. The van der Waals surface area contributed by atoms with Gasteiger partial charge in [0.25, 0.3) is 10.0 Å². The molecule has 0 aliphatic carbocycles. The monoisotopic (exact) mass is 292 g/mol. The minimum Gasteiger partial charge on any atom is -0.436 e. The van der Waals surface area contributed by atoms with Gasteiger partial charge in [-0.3, -0.25) is 4.98 Å². The average molecular weight is 292 g/mol. The van der Waals surface area contributed by atoms with Crippen LogP contribution in [-0.4, -0.2) is 19.4 Å². The van der Waals surface area contributed by atoms with Crippen molar-refractivity contribution in [3.05, 3.63) is 66.0 Å². The lowest BCUT2D eigenvalue weighted by Gasteiger charge is -2.15. The summed E-state index contributed by atoms with van der Waals surface area (Å²) in [6.07, 6.45) is 2.76. The second-order valence-electron chi connectivity index (χ2n) is 3.98. The maximum Gasteiger partial charge on any atom is 0.339 e. The molecule has 0 aliphatic heterocycles. The smallest absolute Gasteiger partial charge is 0.339 e. The molecule has 1 unspecified atom stereocenters. The van der Waals surface area contributed by atoms with E-state index in [4.69, 9.17) is 9.88 Å². The molecule has 1 aromatic heterocycles. The number of benzene rings is 1. The highest BCUT2D eigenvalue weighted by Gasteiger charge is 2.28. The Balaban J connectivity index is 2.29. The van der Waals surface area contributed by atoms with Crippen molar-refractivity contribution in [2.45, 2.75) is 5.44 Å². The predicted molar refractivity (Wildman–Crippen MR) is 71.9 cm³/mol. The van der Waals surface area contributed by atoms with Gasteiger partial charge < -0.3 is 4.74 Å². The first-order valence-corrected chi connectivity index (χ1v) is 7.27. The molecule has 1 aromatic carbocycles. The van der Waals surface area contributed by atoms with Crippen LogP contribution in [0.2, 0.25) is 0 Å². The zero-order chi connectivity index (χ0) is 14.6. The van der Waals surface area contributed by atoms with Gasteiger partial charge in [0.15, 0.2) is 0 Å². The molecular weight excluding hydrogens is 280 g/mol. The van der Waals surface area contributed by atoms with E-state index in [0.29, 0.717) is 0 Å². The van der Waals surface area contributed by atoms with E-state index in [2.05, 4.69) is 4.98 Å². The maximum absolute atomic E-state index is 11.9. The molecule has 0 fully saturated rings. The molecule has 1 heterocycles. The van der Waals surface area contributed by atoms with Crippen molar-refractivity contribution in [3.63, 3.8) is 0 Å². The molecule has 2 N–H and O–H groups in total. The molecular formula is C13H12N2O4S. The number of carbonyl (C=O) groups excluding carboxylic acids is 1. The topological polar surface area (TPSA) is 99.4 Å². The zero-order valence-corrected chi connectivity index (χ0v) is 11.2. The fourth-order valence-corrected chi connectivity index (χ4v) is 2.32. The Hall–Kier alpha value is -2.25. The quantitative estimate of drug-likeness (QED) is 0.854. The van der Waals surface area contributed by atoms with Crippen molar-refractivity contribution in [2.75, 3.05) is 0 Å². The van der Waals surface area contributed by atoms with Gasteiger partial charge in [-0.2, -0.15) is 0 Å². The number of sulfonamides is 1. The van der Waals surface area contributed by atoms with E-state index < -0.39 is 21.4 Å².